The van der Waals surface area contributed by atoms with Crippen LogP contribution in [0.15, 0.2) is 60.7 Å². The summed E-state index contributed by atoms with van der Waals surface area (Å²) in [5, 5.41) is -0.453. The zero-order chi connectivity index (χ0) is 15.9. The van der Waals surface area contributed by atoms with Crippen molar-refractivity contribution < 1.29 is 9.53 Å². The Balaban J connectivity index is 2.37. The number of halogens is 1. The molecule has 0 aliphatic carbocycles. The summed E-state index contributed by atoms with van der Waals surface area (Å²) in [5.74, 6) is -0.105. The minimum Gasteiger partial charge on any atom is -0.356 e. The van der Waals surface area contributed by atoms with Crippen LogP contribution in [0.2, 0.25) is 0 Å². The van der Waals surface area contributed by atoms with Crippen LogP contribution in [-0.2, 0) is 9.53 Å². The molecular weight excluding hydrogens is 298 g/mol. The summed E-state index contributed by atoms with van der Waals surface area (Å²) < 4.78 is 5.81. The molecule has 4 heteroatoms. The number of nitrogens with zero attached hydrogens (tertiary/aromatic N) is 1. The number of hydrogen-bond acceptors (Lipinski definition) is 2. The van der Waals surface area contributed by atoms with E-state index in [1.165, 1.54) is 6.92 Å². The van der Waals surface area contributed by atoms with E-state index in [1.54, 1.807) is 4.90 Å². The lowest BCUT2D eigenvalue weighted by atomic mass is 10.1. The molecule has 0 heterocycles. The van der Waals surface area contributed by atoms with E-state index in [-0.39, 0.29) is 5.91 Å². The molecule has 116 valence electrons. The molecule has 0 N–H and O–H groups in total. The van der Waals surface area contributed by atoms with E-state index >= 15 is 0 Å². The van der Waals surface area contributed by atoms with Crippen molar-refractivity contribution in [2.45, 2.75) is 25.5 Å². The first-order chi connectivity index (χ1) is 10.6. The maximum absolute atomic E-state index is 12.2. The molecule has 0 unspecified atom stereocenters. The molecule has 0 aromatic heterocycles. The summed E-state index contributed by atoms with van der Waals surface area (Å²) in [6.45, 7) is 3.88. The van der Waals surface area contributed by atoms with Crippen LogP contribution < -0.4 is 4.90 Å². The van der Waals surface area contributed by atoms with Crippen molar-refractivity contribution in [2.24, 2.45) is 0 Å². The molecule has 22 heavy (non-hydrogen) atoms. The van der Waals surface area contributed by atoms with Gasteiger partial charge in [0.1, 0.15) is 5.38 Å². The molecule has 0 fully saturated rings. The third-order valence-electron chi connectivity index (χ3n) is 3.33. The second-order valence-corrected chi connectivity index (χ2v) is 5.35. The maximum atomic E-state index is 12.2. The van der Waals surface area contributed by atoms with Crippen molar-refractivity contribution in [3.8, 4) is 0 Å². The molecule has 2 atom stereocenters. The quantitative estimate of drug-likeness (QED) is 0.584. The van der Waals surface area contributed by atoms with Gasteiger partial charge in [0.25, 0.3) is 0 Å². The van der Waals surface area contributed by atoms with Gasteiger partial charge in [0.05, 0.1) is 0 Å². The minimum absolute atomic E-state index is 0.105. The summed E-state index contributed by atoms with van der Waals surface area (Å²) in [6, 6.07) is 19.1. The number of ether oxygens (including phenoxy) is 1. The van der Waals surface area contributed by atoms with Gasteiger partial charge in [-0.15, -0.1) is 11.6 Å². The lowest BCUT2D eigenvalue weighted by Gasteiger charge is -2.33. The third-order valence-corrected chi connectivity index (χ3v) is 3.80. The molecule has 1 amide bonds. The van der Waals surface area contributed by atoms with Crippen LogP contribution in [0.25, 0.3) is 0 Å². The predicted octanol–water partition coefficient (Wildman–Crippen LogP) is 4.38. The Morgan fingerprint density at radius 2 is 1.64 bits per heavy atom. The molecule has 0 saturated carbocycles. The van der Waals surface area contributed by atoms with Crippen LogP contribution in [-0.4, -0.2) is 18.7 Å². The monoisotopic (exact) mass is 317 g/mol. The Labute approximate surface area is 136 Å². The molecule has 2 rings (SSSR count). The van der Waals surface area contributed by atoms with E-state index in [2.05, 4.69) is 0 Å². The van der Waals surface area contributed by atoms with E-state index in [1.807, 2.05) is 67.6 Å². The Hall–Kier alpha value is -1.84. The summed E-state index contributed by atoms with van der Waals surface area (Å²) in [6.07, 6.45) is -0.561. The molecule has 0 aliphatic heterocycles. The predicted molar refractivity (Wildman–Crippen MR) is 90.1 cm³/mol. The van der Waals surface area contributed by atoms with Crippen molar-refractivity contribution in [3.05, 3.63) is 66.2 Å². The normalized spacial score (nSPS) is 13.4. The van der Waals surface area contributed by atoms with Gasteiger partial charge < -0.3 is 4.74 Å². The van der Waals surface area contributed by atoms with Crippen LogP contribution in [0.1, 0.15) is 24.8 Å². The number of para-hydroxylation sites is 1. The SMILES string of the molecule is CCO[C@H]([C@H](Cl)c1ccccc1)N(C(C)=O)c1ccccc1. The van der Waals surface area contributed by atoms with E-state index in [9.17, 15) is 4.79 Å². The fourth-order valence-corrected chi connectivity index (χ4v) is 2.69. The Bertz CT molecular complexity index is 589. The number of benzene rings is 2. The van der Waals surface area contributed by atoms with Gasteiger partial charge in [-0.2, -0.15) is 0 Å². The average molecular weight is 318 g/mol. The third kappa shape index (κ3) is 3.87. The standard InChI is InChI=1S/C18H20ClNO2/c1-3-22-18(17(19)15-10-6-4-7-11-15)20(14(2)21)16-12-8-5-9-13-16/h4-13,17-18H,3H2,1-2H3/t17-,18-/m1/s1. The number of carbonyl (C=O) groups excluding carboxylic acids is 1. The number of amides is 1. The van der Waals surface area contributed by atoms with Gasteiger partial charge in [-0.1, -0.05) is 48.5 Å². The van der Waals surface area contributed by atoms with Crippen LogP contribution in [0.5, 0.6) is 0 Å². The molecule has 0 aliphatic rings. The topological polar surface area (TPSA) is 29.5 Å². The van der Waals surface area contributed by atoms with E-state index < -0.39 is 11.6 Å². The van der Waals surface area contributed by atoms with Crippen molar-refractivity contribution in [2.75, 3.05) is 11.5 Å². The van der Waals surface area contributed by atoms with Crippen molar-refractivity contribution >= 4 is 23.2 Å². The molecule has 0 bridgehead atoms. The van der Waals surface area contributed by atoms with Crippen LogP contribution in [0, 0.1) is 0 Å². The number of alkyl halides is 1. The lowest BCUT2D eigenvalue weighted by molar-refractivity contribution is -0.119. The van der Waals surface area contributed by atoms with Crippen LogP contribution >= 0.6 is 11.6 Å². The van der Waals surface area contributed by atoms with Gasteiger partial charge in [-0.05, 0) is 24.6 Å². The Kier molecular flexibility index (Phi) is 5.99. The Morgan fingerprint density at radius 3 is 2.14 bits per heavy atom. The number of hydrogen-bond donors (Lipinski definition) is 0. The van der Waals surface area contributed by atoms with Gasteiger partial charge in [-0.25, -0.2) is 0 Å². The summed E-state index contributed by atoms with van der Waals surface area (Å²) in [7, 11) is 0. The molecule has 2 aromatic carbocycles. The van der Waals surface area contributed by atoms with Gasteiger partial charge in [-0.3, -0.25) is 9.69 Å². The first kappa shape index (κ1) is 16.5. The first-order valence-corrected chi connectivity index (χ1v) is 7.74. The zero-order valence-corrected chi connectivity index (χ0v) is 13.5. The van der Waals surface area contributed by atoms with Crippen LogP contribution in [0.4, 0.5) is 5.69 Å². The fourth-order valence-electron chi connectivity index (χ4n) is 2.36. The summed E-state index contributed by atoms with van der Waals surface area (Å²) in [4.78, 5) is 13.8. The van der Waals surface area contributed by atoms with Gasteiger partial charge in [0.2, 0.25) is 5.91 Å². The molecule has 0 saturated heterocycles. The van der Waals surface area contributed by atoms with Crippen molar-refractivity contribution in [1.82, 2.24) is 0 Å². The van der Waals surface area contributed by atoms with Crippen molar-refractivity contribution in [3.63, 3.8) is 0 Å². The second kappa shape index (κ2) is 7.97. The summed E-state index contributed by atoms with van der Waals surface area (Å²) in [5.41, 5.74) is 1.69. The van der Waals surface area contributed by atoms with E-state index in [0.717, 1.165) is 11.3 Å². The van der Waals surface area contributed by atoms with Gasteiger partial charge >= 0.3 is 0 Å². The molecule has 2 aromatic rings. The smallest absolute Gasteiger partial charge is 0.226 e. The highest BCUT2D eigenvalue weighted by Crippen LogP contribution is 2.31. The average Bonchev–Trinajstić information content (AvgIpc) is 2.55. The summed E-state index contributed by atoms with van der Waals surface area (Å²) >= 11 is 6.62. The van der Waals surface area contributed by atoms with Crippen molar-refractivity contribution in [1.29, 1.82) is 0 Å². The second-order valence-electron chi connectivity index (χ2n) is 4.88. The molecule has 0 radical (unpaired) electrons. The number of rotatable bonds is 6. The first-order valence-electron chi connectivity index (χ1n) is 7.30. The highest BCUT2D eigenvalue weighted by molar-refractivity contribution is 6.21. The largest absolute Gasteiger partial charge is 0.356 e. The number of anilines is 1. The highest BCUT2D eigenvalue weighted by atomic mass is 35.5. The minimum atomic E-state index is -0.561. The van der Waals surface area contributed by atoms with E-state index in [4.69, 9.17) is 16.3 Å². The molecule has 0 spiro atoms. The molecule has 3 nitrogen and oxygen atoms in total. The highest BCUT2D eigenvalue weighted by Gasteiger charge is 2.30. The molecular formula is C18H20ClNO2. The number of carbonyl (C=O) groups is 1. The maximum Gasteiger partial charge on any atom is 0.226 e. The fraction of sp³-hybridized carbons (Fsp3) is 0.278. The van der Waals surface area contributed by atoms with Crippen LogP contribution in [0.3, 0.4) is 0 Å². The Morgan fingerprint density at radius 1 is 1.09 bits per heavy atom. The lowest BCUT2D eigenvalue weighted by Crippen LogP contribution is -2.43. The van der Waals surface area contributed by atoms with E-state index in [0.29, 0.717) is 6.61 Å². The van der Waals surface area contributed by atoms with Gasteiger partial charge in [0, 0.05) is 19.2 Å². The zero-order valence-electron chi connectivity index (χ0n) is 12.8. The van der Waals surface area contributed by atoms with Gasteiger partial charge in [0.15, 0.2) is 6.23 Å².